The number of nitrogens with zero attached hydrogens (tertiary/aromatic N) is 1. The SMILES string of the molecule is CCNC(=NCC(C)(C)OC)NCCCOCCc1ccccc1.I. The van der Waals surface area contributed by atoms with Crippen molar-refractivity contribution in [2.24, 2.45) is 4.99 Å². The van der Waals surface area contributed by atoms with Crippen LogP contribution in [-0.2, 0) is 15.9 Å². The van der Waals surface area contributed by atoms with Crippen molar-refractivity contribution < 1.29 is 9.47 Å². The Morgan fingerprint density at radius 3 is 2.48 bits per heavy atom. The highest BCUT2D eigenvalue weighted by Crippen LogP contribution is 2.06. The van der Waals surface area contributed by atoms with Gasteiger partial charge in [-0.05, 0) is 39.2 Å². The number of guanidine groups is 1. The molecule has 1 aromatic rings. The van der Waals surface area contributed by atoms with Crippen molar-refractivity contribution in [3.63, 3.8) is 0 Å². The zero-order valence-electron chi connectivity index (χ0n) is 16.0. The molecule has 0 heterocycles. The summed E-state index contributed by atoms with van der Waals surface area (Å²) in [6.45, 7) is 9.93. The second-order valence-electron chi connectivity index (χ2n) is 6.29. The molecular weight excluding hydrogens is 429 g/mol. The molecule has 2 N–H and O–H groups in total. The van der Waals surface area contributed by atoms with E-state index in [-0.39, 0.29) is 29.6 Å². The molecule has 0 unspecified atom stereocenters. The zero-order chi connectivity index (χ0) is 17.7. The number of nitrogens with one attached hydrogen (secondary N) is 2. The average molecular weight is 463 g/mol. The highest BCUT2D eigenvalue weighted by molar-refractivity contribution is 14.0. The Balaban J connectivity index is 0.00000576. The fourth-order valence-electron chi connectivity index (χ4n) is 1.99. The molecule has 0 amide bonds. The number of hydrogen-bond donors (Lipinski definition) is 2. The lowest BCUT2D eigenvalue weighted by molar-refractivity contribution is 0.0310. The minimum absolute atomic E-state index is 0. The van der Waals surface area contributed by atoms with Gasteiger partial charge in [-0.25, -0.2) is 0 Å². The largest absolute Gasteiger partial charge is 0.381 e. The summed E-state index contributed by atoms with van der Waals surface area (Å²) in [4.78, 5) is 4.56. The summed E-state index contributed by atoms with van der Waals surface area (Å²) in [7, 11) is 1.71. The molecule has 0 radical (unpaired) electrons. The molecule has 0 bridgehead atoms. The number of aliphatic imine (C=N–C) groups is 1. The highest BCUT2D eigenvalue weighted by atomic mass is 127. The second kappa shape index (κ2) is 14.3. The topological polar surface area (TPSA) is 54.9 Å². The van der Waals surface area contributed by atoms with Crippen LogP contribution in [0.1, 0.15) is 32.8 Å². The molecule has 0 saturated carbocycles. The molecule has 0 atom stereocenters. The lowest BCUT2D eigenvalue weighted by atomic mass is 10.1. The van der Waals surface area contributed by atoms with Gasteiger partial charge in [0.25, 0.3) is 0 Å². The van der Waals surface area contributed by atoms with Crippen LogP contribution < -0.4 is 10.6 Å². The van der Waals surface area contributed by atoms with E-state index in [1.165, 1.54) is 5.56 Å². The molecule has 6 heteroatoms. The molecular formula is C19H34IN3O2. The van der Waals surface area contributed by atoms with Crippen molar-refractivity contribution in [2.75, 3.05) is 40.0 Å². The molecule has 25 heavy (non-hydrogen) atoms. The summed E-state index contributed by atoms with van der Waals surface area (Å²) < 4.78 is 11.1. The summed E-state index contributed by atoms with van der Waals surface area (Å²) in [5, 5.41) is 6.57. The van der Waals surface area contributed by atoms with Gasteiger partial charge in [-0.15, -0.1) is 24.0 Å². The number of rotatable bonds is 11. The summed E-state index contributed by atoms with van der Waals surface area (Å²) in [5.74, 6) is 0.826. The normalized spacial score (nSPS) is 11.8. The Bertz CT molecular complexity index is 467. The van der Waals surface area contributed by atoms with Crippen LogP contribution in [0.25, 0.3) is 0 Å². The lowest BCUT2D eigenvalue weighted by Gasteiger charge is -2.21. The summed E-state index contributed by atoms with van der Waals surface area (Å²) in [6, 6.07) is 10.4. The van der Waals surface area contributed by atoms with Gasteiger partial charge in [0.1, 0.15) is 0 Å². The maximum Gasteiger partial charge on any atom is 0.191 e. The smallest absolute Gasteiger partial charge is 0.191 e. The van der Waals surface area contributed by atoms with Crippen LogP contribution in [0.15, 0.2) is 35.3 Å². The molecule has 1 rings (SSSR count). The predicted molar refractivity (Wildman–Crippen MR) is 116 cm³/mol. The highest BCUT2D eigenvalue weighted by Gasteiger charge is 2.15. The van der Waals surface area contributed by atoms with E-state index in [9.17, 15) is 0 Å². The Labute approximate surface area is 170 Å². The minimum atomic E-state index is -0.247. The number of hydrogen-bond acceptors (Lipinski definition) is 3. The first-order valence-corrected chi connectivity index (χ1v) is 8.76. The first kappa shape index (κ1) is 24.1. The van der Waals surface area contributed by atoms with Crippen LogP contribution in [0.5, 0.6) is 0 Å². The number of halogens is 1. The van der Waals surface area contributed by atoms with E-state index < -0.39 is 0 Å². The number of benzene rings is 1. The maximum atomic E-state index is 5.69. The van der Waals surface area contributed by atoms with Crippen molar-refractivity contribution in [1.29, 1.82) is 0 Å². The van der Waals surface area contributed by atoms with Crippen LogP contribution in [-0.4, -0.2) is 51.5 Å². The van der Waals surface area contributed by atoms with Crippen LogP contribution in [0, 0.1) is 0 Å². The van der Waals surface area contributed by atoms with Crippen molar-refractivity contribution in [3.05, 3.63) is 35.9 Å². The van der Waals surface area contributed by atoms with Crippen LogP contribution in [0.3, 0.4) is 0 Å². The van der Waals surface area contributed by atoms with Gasteiger partial charge in [0.2, 0.25) is 0 Å². The summed E-state index contributed by atoms with van der Waals surface area (Å²) in [6.07, 6.45) is 1.91. The van der Waals surface area contributed by atoms with Crippen molar-refractivity contribution in [2.45, 2.75) is 39.2 Å². The number of ether oxygens (including phenoxy) is 2. The van der Waals surface area contributed by atoms with E-state index in [2.05, 4.69) is 46.8 Å². The molecule has 1 aromatic carbocycles. The van der Waals surface area contributed by atoms with E-state index in [0.29, 0.717) is 6.54 Å². The lowest BCUT2D eigenvalue weighted by Crippen LogP contribution is -2.39. The quantitative estimate of drug-likeness (QED) is 0.229. The van der Waals surface area contributed by atoms with Crippen molar-refractivity contribution in [1.82, 2.24) is 10.6 Å². The molecule has 0 aliphatic heterocycles. The molecule has 0 saturated heterocycles. The van der Waals surface area contributed by atoms with Gasteiger partial charge in [0.05, 0.1) is 18.8 Å². The first-order valence-electron chi connectivity index (χ1n) is 8.76. The average Bonchev–Trinajstić information content (AvgIpc) is 2.59. The van der Waals surface area contributed by atoms with Crippen LogP contribution in [0.4, 0.5) is 0 Å². The predicted octanol–water partition coefficient (Wildman–Crippen LogP) is 3.23. The molecule has 0 aromatic heterocycles. The van der Waals surface area contributed by atoms with Gasteiger partial charge in [0.15, 0.2) is 5.96 Å². The Morgan fingerprint density at radius 2 is 1.84 bits per heavy atom. The van der Waals surface area contributed by atoms with Gasteiger partial charge < -0.3 is 20.1 Å². The third-order valence-electron chi connectivity index (χ3n) is 3.65. The molecule has 0 fully saturated rings. The van der Waals surface area contributed by atoms with Crippen LogP contribution >= 0.6 is 24.0 Å². The van der Waals surface area contributed by atoms with Crippen molar-refractivity contribution in [3.8, 4) is 0 Å². The fraction of sp³-hybridized carbons (Fsp3) is 0.632. The van der Waals surface area contributed by atoms with E-state index in [1.54, 1.807) is 7.11 Å². The molecule has 5 nitrogen and oxygen atoms in total. The molecule has 144 valence electrons. The summed E-state index contributed by atoms with van der Waals surface area (Å²) in [5.41, 5.74) is 1.07. The van der Waals surface area contributed by atoms with Gasteiger partial charge >= 0.3 is 0 Å². The minimum Gasteiger partial charge on any atom is -0.381 e. The van der Waals surface area contributed by atoms with Gasteiger partial charge in [0, 0.05) is 26.8 Å². The maximum absolute atomic E-state index is 5.69. The monoisotopic (exact) mass is 463 g/mol. The Morgan fingerprint density at radius 1 is 1.12 bits per heavy atom. The van der Waals surface area contributed by atoms with Gasteiger partial charge in [-0.2, -0.15) is 0 Å². The molecule has 0 spiro atoms. The second-order valence-corrected chi connectivity index (χ2v) is 6.29. The number of methoxy groups -OCH3 is 1. The van der Waals surface area contributed by atoms with Crippen LogP contribution in [0.2, 0.25) is 0 Å². The van der Waals surface area contributed by atoms with Gasteiger partial charge in [-0.1, -0.05) is 30.3 Å². The van der Waals surface area contributed by atoms with E-state index in [0.717, 1.165) is 45.1 Å². The standard InChI is InChI=1S/C19H33N3O2.HI/c1-5-20-18(22-16-19(2,3)23-4)21-13-9-14-24-15-12-17-10-7-6-8-11-17;/h6-8,10-11H,5,9,12-16H2,1-4H3,(H2,20,21,22);1H. The zero-order valence-corrected chi connectivity index (χ0v) is 18.3. The first-order chi connectivity index (χ1) is 11.6. The van der Waals surface area contributed by atoms with Crippen molar-refractivity contribution >= 4 is 29.9 Å². The van der Waals surface area contributed by atoms with E-state index >= 15 is 0 Å². The fourth-order valence-corrected chi connectivity index (χ4v) is 1.99. The Kier molecular flexibility index (Phi) is 13.8. The molecule has 0 aliphatic rings. The summed E-state index contributed by atoms with van der Waals surface area (Å²) >= 11 is 0. The van der Waals surface area contributed by atoms with E-state index in [4.69, 9.17) is 9.47 Å². The third kappa shape index (κ3) is 12.2. The third-order valence-corrected chi connectivity index (χ3v) is 3.65. The molecule has 0 aliphatic carbocycles. The van der Waals surface area contributed by atoms with E-state index in [1.807, 2.05) is 19.9 Å². The Hall–Kier alpha value is -0.860. The van der Waals surface area contributed by atoms with Gasteiger partial charge in [-0.3, -0.25) is 4.99 Å².